The van der Waals surface area contributed by atoms with E-state index < -0.39 is 0 Å². The van der Waals surface area contributed by atoms with Gasteiger partial charge in [-0.1, -0.05) is 25.0 Å². The first-order valence-electron chi connectivity index (χ1n) is 12.0. The van der Waals surface area contributed by atoms with Crippen molar-refractivity contribution in [1.29, 1.82) is 0 Å². The van der Waals surface area contributed by atoms with Crippen molar-refractivity contribution in [1.82, 2.24) is 4.90 Å². The van der Waals surface area contributed by atoms with E-state index in [0.717, 1.165) is 54.8 Å². The van der Waals surface area contributed by atoms with Gasteiger partial charge in [0.25, 0.3) is 0 Å². The quantitative estimate of drug-likeness (QED) is 0.734. The van der Waals surface area contributed by atoms with E-state index in [1.807, 2.05) is 18.2 Å². The van der Waals surface area contributed by atoms with E-state index in [9.17, 15) is 9.59 Å². The van der Waals surface area contributed by atoms with Crippen molar-refractivity contribution in [2.24, 2.45) is 17.8 Å². The highest BCUT2D eigenvalue weighted by Gasteiger charge is 2.51. The summed E-state index contributed by atoms with van der Waals surface area (Å²) in [5.41, 5.74) is 2.08. The Morgan fingerprint density at radius 3 is 2.27 bits per heavy atom. The lowest BCUT2D eigenvalue weighted by Crippen LogP contribution is -2.54. The molecule has 30 heavy (non-hydrogen) atoms. The van der Waals surface area contributed by atoms with Crippen LogP contribution in [0, 0.1) is 17.8 Å². The van der Waals surface area contributed by atoms with Crippen LogP contribution in [0.5, 0.6) is 0 Å². The molecule has 5 fully saturated rings. The predicted octanol–water partition coefficient (Wildman–Crippen LogP) is 4.80. The third-order valence-corrected chi connectivity index (χ3v) is 7.90. The first kappa shape index (κ1) is 19.9. The van der Waals surface area contributed by atoms with Gasteiger partial charge in [-0.25, -0.2) is 0 Å². The molecule has 1 saturated heterocycles. The number of carbonyl (C=O) groups excluding carboxylic acids is 2. The third kappa shape index (κ3) is 4.21. The van der Waals surface area contributed by atoms with Crippen molar-refractivity contribution in [2.45, 2.75) is 76.2 Å². The zero-order valence-electron chi connectivity index (χ0n) is 18.0. The van der Waals surface area contributed by atoms with Crippen LogP contribution in [0.3, 0.4) is 0 Å². The van der Waals surface area contributed by atoms with E-state index in [1.165, 1.54) is 38.5 Å². The second-order valence-electron chi connectivity index (χ2n) is 10.4. The molecule has 4 saturated carbocycles. The van der Waals surface area contributed by atoms with Gasteiger partial charge in [-0.3, -0.25) is 9.59 Å². The summed E-state index contributed by atoms with van der Waals surface area (Å²) in [4.78, 5) is 26.9. The Labute approximate surface area is 180 Å². The number of likely N-dealkylation sites (tertiary alicyclic amines) is 1. The average Bonchev–Trinajstić information content (AvgIpc) is 2.68. The van der Waals surface area contributed by atoms with Crippen LogP contribution in [-0.2, 0) is 9.59 Å². The molecule has 4 aliphatic carbocycles. The lowest BCUT2D eigenvalue weighted by atomic mass is 9.53. The van der Waals surface area contributed by atoms with Crippen LogP contribution in [0.15, 0.2) is 24.3 Å². The Balaban J connectivity index is 1.26. The second-order valence-corrected chi connectivity index (χ2v) is 10.4. The standard InChI is InChI=1S/C25H35N3O2/c29-23(17-28-10-6-2-1-3-9-24(28)30)26-21-7-4-5-8-22(21)27-25-14-18-11-19(15-25)13-20(12-18)16-25/h4-5,7-8,18-20,27H,1-3,6,9-17H2,(H,26,29). The van der Waals surface area contributed by atoms with Gasteiger partial charge in [-0.15, -0.1) is 0 Å². The molecule has 162 valence electrons. The highest BCUT2D eigenvalue weighted by Crippen LogP contribution is 2.56. The van der Waals surface area contributed by atoms with E-state index in [-0.39, 0.29) is 23.9 Å². The lowest BCUT2D eigenvalue weighted by molar-refractivity contribution is -0.135. The molecule has 2 amide bonds. The number of carbonyl (C=O) groups is 2. The lowest BCUT2D eigenvalue weighted by Gasteiger charge is -2.57. The molecule has 0 radical (unpaired) electrons. The summed E-state index contributed by atoms with van der Waals surface area (Å²) in [5, 5.41) is 7.00. The molecule has 6 rings (SSSR count). The number of amides is 2. The van der Waals surface area contributed by atoms with E-state index in [4.69, 9.17) is 0 Å². The molecule has 1 aromatic carbocycles. The van der Waals surface area contributed by atoms with Crippen LogP contribution < -0.4 is 10.6 Å². The van der Waals surface area contributed by atoms with Gasteiger partial charge in [0, 0.05) is 18.5 Å². The van der Waals surface area contributed by atoms with Crippen LogP contribution >= 0.6 is 0 Å². The zero-order valence-corrected chi connectivity index (χ0v) is 18.0. The molecule has 1 aliphatic heterocycles. The second kappa shape index (κ2) is 8.24. The molecular formula is C25H35N3O2. The monoisotopic (exact) mass is 409 g/mol. The van der Waals surface area contributed by atoms with E-state index >= 15 is 0 Å². The summed E-state index contributed by atoms with van der Waals surface area (Å²) in [7, 11) is 0. The van der Waals surface area contributed by atoms with Crippen LogP contribution in [-0.4, -0.2) is 35.3 Å². The summed E-state index contributed by atoms with van der Waals surface area (Å²) in [6.45, 7) is 0.851. The van der Waals surface area contributed by atoms with Crippen molar-refractivity contribution >= 4 is 23.2 Å². The number of hydrogen-bond donors (Lipinski definition) is 2. The fourth-order valence-corrected chi connectivity index (χ4v) is 7.00. The minimum absolute atomic E-state index is 0.0938. The van der Waals surface area contributed by atoms with Gasteiger partial charge in [0.05, 0.1) is 17.9 Å². The molecule has 0 spiro atoms. The Hall–Kier alpha value is -2.04. The normalized spacial score (nSPS) is 33.1. The van der Waals surface area contributed by atoms with Crippen LogP contribution in [0.25, 0.3) is 0 Å². The van der Waals surface area contributed by atoms with Crippen LogP contribution in [0.2, 0.25) is 0 Å². The first-order valence-corrected chi connectivity index (χ1v) is 12.0. The van der Waals surface area contributed by atoms with Crippen LogP contribution in [0.4, 0.5) is 11.4 Å². The van der Waals surface area contributed by atoms with Gasteiger partial charge in [0.1, 0.15) is 0 Å². The van der Waals surface area contributed by atoms with Crippen LogP contribution in [0.1, 0.15) is 70.6 Å². The Morgan fingerprint density at radius 2 is 1.57 bits per heavy atom. The topological polar surface area (TPSA) is 61.4 Å². The number of rotatable bonds is 5. The minimum atomic E-state index is -0.0938. The maximum Gasteiger partial charge on any atom is 0.244 e. The van der Waals surface area contributed by atoms with Gasteiger partial charge in [0.15, 0.2) is 0 Å². The highest BCUT2D eigenvalue weighted by molar-refractivity contribution is 5.97. The van der Waals surface area contributed by atoms with Crippen molar-refractivity contribution in [3.8, 4) is 0 Å². The predicted molar refractivity (Wildman–Crippen MR) is 119 cm³/mol. The minimum Gasteiger partial charge on any atom is -0.378 e. The molecule has 0 aromatic heterocycles. The number of nitrogens with zero attached hydrogens (tertiary/aromatic N) is 1. The van der Waals surface area contributed by atoms with Gasteiger partial charge in [-0.05, 0) is 81.3 Å². The van der Waals surface area contributed by atoms with Crippen molar-refractivity contribution in [3.63, 3.8) is 0 Å². The number of para-hydroxylation sites is 2. The van der Waals surface area contributed by atoms with Gasteiger partial charge >= 0.3 is 0 Å². The number of benzene rings is 1. The number of hydrogen-bond acceptors (Lipinski definition) is 3. The maximum atomic E-state index is 12.8. The summed E-state index contributed by atoms with van der Waals surface area (Å²) in [6, 6.07) is 8.09. The fourth-order valence-electron chi connectivity index (χ4n) is 7.00. The molecule has 1 aromatic rings. The Kier molecular flexibility index (Phi) is 5.46. The third-order valence-electron chi connectivity index (χ3n) is 7.90. The van der Waals surface area contributed by atoms with Gasteiger partial charge in [-0.2, -0.15) is 0 Å². The molecular weight excluding hydrogens is 374 g/mol. The average molecular weight is 410 g/mol. The number of nitrogens with one attached hydrogen (secondary N) is 2. The van der Waals surface area contributed by atoms with Crippen molar-refractivity contribution in [3.05, 3.63) is 24.3 Å². The molecule has 0 unspecified atom stereocenters. The van der Waals surface area contributed by atoms with E-state index in [2.05, 4.69) is 16.7 Å². The smallest absolute Gasteiger partial charge is 0.244 e. The number of anilines is 2. The van der Waals surface area contributed by atoms with E-state index in [1.54, 1.807) is 4.90 Å². The Bertz CT molecular complexity index is 770. The molecule has 2 N–H and O–H groups in total. The van der Waals surface area contributed by atoms with Gasteiger partial charge < -0.3 is 15.5 Å². The summed E-state index contributed by atoms with van der Waals surface area (Å²) in [5.74, 6) is 2.66. The Morgan fingerprint density at radius 1 is 0.933 bits per heavy atom. The molecule has 5 nitrogen and oxygen atoms in total. The molecule has 5 aliphatic rings. The summed E-state index contributed by atoms with van der Waals surface area (Å²) < 4.78 is 0. The van der Waals surface area contributed by atoms with Crippen molar-refractivity contribution < 1.29 is 9.59 Å². The zero-order chi connectivity index (χ0) is 20.6. The highest BCUT2D eigenvalue weighted by atomic mass is 16.2. The summed E-state index contributed by atoms with van der Waals surface area (Å²) in [6.07, 6.45) is 12.8. The maximum absolute atomic E-state index is 12.8. The van der Waals surface area contributed by atoms with E-state index in [0.29, 0.717) is 13.0 Å². The molecule has 4 bridgehead atoms. The molecule has 1 heterocycles. The SMILES string of the molecule is O=C(CN1CCCCCCC1=O)Nc1ccccc1NC12CC3CC(CC(C3)C1)C2. The summed E-state index contributed by atoms with van der Waals surface area (Å²) >= 11 is 0. The molecule has 5 heteroatoms. The largest absolute Gasteiger partial charge is 0.378 e. The van der Waals surface area contributed by atoms with Crippen molar-refractivity contribution in [2.75, 3.05) is 23.7 Å². The molecule has 0 atom stereocenters. The van der Waals surface area contributed by atoms with Gasteiger partial charge in [0.2, 0.25) is 11.8 Å². The fraction of sp³-hybridized carbons (Fsp3) is 0.680. The first-order chi connectivity index (χ1) is 14.6.